The molecule has 3 aromatic rings. The number of halogens is 2. The van der Waals surface area contributed by atoms with E-state index >= 15 is 0 Å². The lowest BCUT2D eigenvalue weighted by molar-refractivity contribution is 0.0967. The van der Waals surface area contributed by atoms with Gasteiger partial charge in [0.25, 0.3) is 5.91 Å². The van der Waals surface area contributed by atoms with Crippen LogP contribution >= 0.6 is 34.5 Å². The second-order valence-electron chi connectivity index (χ2n) is 4.33. The fraction of sp³-hybridized carbons (Fsp3) is 0. The number of anilines is 1. The molecule has 0 fully saturated rings. The van der Waals surface area contributed by atoms with E-state index in [4.69, 9.17) is 23.2 Å². The minimum atomic E-state index is -0.267. The maximum absolute atomic E-state index is 12.2. The molecule has 0 radical (unpaired) electrons. The van der Waals surface area contributed by atoms with E-state index in [1.807, 2.05) is 24.3 Å². The number of thiophene rings is 1. The van der Waals surface area contributed by atoms with Gasteiger partial charge in [0.1, 0.15) is 4.88 Å². The van der Waals surface area contributed by atoms with Crippen LogP contribution in [0, 0.1) is 0 Å². The Kier molecular flexibility index (Phi) is 4.01. The van der Waals surface area contributed by atoms with E-state index in [2.05, 4.69) is 10.9 Å². The summed E-state index contributed by atoms with van der Waals surface area (Å²) in [6, 6.07) is 14.7. The fourth-order valence-electron chi connectivity index (χ4n) is 1.88. The molecule has 0 saturated heterocycles. The second kappa shape index (κ2) is 5.93. The summed E-state index contributed by atoms with van der Waals surface area (Å²) in [6.07, 6.45) is 0. The van der Waals surface area contributed by atoms with Gasteiger partial charge in [-0.3, -0.25) is 15.6 Å². The summed E-state index contributed by atoms with van der Waals surface area (Å²) in [5.41, 5.74) is 6.20. The Morgan fingerprint density at radius 2 is 1.71 bits per heavy atom. The van der Waals surface area contributed by atoms with Crippen LogP contribution in [-0.4, -0.2) is 5.91 Å². The number of fused-ring (bicyclic) bond motifs is 1. The maximum Gasteiger partial charge on any atom is 0.281 e. The normalized spacial score (nSPS) is 10.6. The van der Waals surface area contributed by atoms with Gasteiger partial charge < -0.3 is 0 Å². The monoisotopic (exact) mass is 336 g/mol. The van der Waals surface area contributed by atoms with E-state index in [1.54, 1.807) is 24.3 Å². The van der Waals surface area contributed by atoms with E-state index < -0.39 is 0 Å². The van der Waals surface area contributed by atoms with Crippen molar-refractivity contribution >= 4 is 56.2 Å². The van der Waals surface area contributed by atoms with E-state index in [-0.39, 0.29) is 5.91 Å². The molecule has 3 nitrogen and oxygen atoms in total. The molecule has 0 unspecified atom stereocenters. The zero-order valence-electron chi connectivity index (χ0n) is 10.7. The summed E-state index contributed by atoms with van der Waals surface area (Å²) in [7, 11) is 0. The molecule has 1 amide bonds. The van der Waals surface area contributed by atoms with E-state index in [0.29, 0.717) is 14.9 Å². The predicted molar refractivity (Wildman–Crippen MR) is 89.4 cm³/mol. The van der Waals surface area contributed by atoms with Crippen molar-refractivity contribution in [1.29, 1.82) is 0 Å². The van der Waals surface area contributed by atoms with Crippen molar-refractivity contribution in [3.05, 3.63) is 63.5 Å². The molecule has 0 saturated carbocycles. The molecule has 3 rings (SSSR count). The van der Waals surface area contributed by atoms with Gasteiger partial charge in [-0.2, -0.15) is 0 Å². The van der Waals surface area contributed by atoms with Gasteiger partial charge in [-0.1, -0.05) is 41.4 Å². The number of benzene rings is 2. The molecule has 1 heterocycles. The minimum Gasteiger partial charge on any atom is -0.298 e. The van der Waals surface area contributed by atoms with Gasteiger partial charge in [-0.25, -0.2) is 0 Å². The number of carbonyl (C=O) groups excluding carboxylic acids is 1. The SMILES string of the molecule is O=C(NNc1ccc(Cl)cc1)c1sc2ccccc2c1Cl. The van der Waals surface area contributed by atoms with Crippen LogP contribution in [0.2, 0.25) is 10.0 Å². The largest absolute Gasteiger partial charge is 0.298 e. The topological polar surface area (TPSA) is 41.1 Å². The zero-order valence-corrected chi connectivity index (χ0v) is 13.0. The summed E-state index contributed by atoms with van der Waals surface area (Å²) in [5.74, 6) is -0.267. The van der Waals surface area contributed by atoms with E-state index in [9.17, 15) is 4.79 Å². The predicted octanol–water partition coefficient (Wildman–Crippen LogP) is 4.97. The highest BCUT2D eigenvalue weighted by Crippen LogP contribution is 2.34. The van der Waals surface area contributed by atoms with Crippen molar-refractivity contribution in [2.45, 2.75) is 0 Å². The lowest BCUT2D eigenvalue weighted by Gasteiger charge is -2.07. The molecule has 21 heavy (non-hydrogen) atoms. The van der Waals surface area contributed by atoms with Crippen LogP contribution in [0.15, 0.2) is 48.5 Å². The van der Waals surface area contributed by atoms with Crippen molar-refractivity contribution in [2.24, 2.45) is 0 Å². The number of hydrazine groups is 1. The molecule has 0 atom stereocenters. The number of hydrogen-bond acceptors (Lipinski definition) is 3. The summed E-state index contributed by atoms with van der Waals surface area (Å²) in [4.78, 5) is 12.7. The number of carbonyl (C=O) groups is 1. The first-order chi connectivity index (χ1) is 10.1. The standard InChI is InChI=1S/C15H10Cl2N2OS/c16-9-5-7-10(8-6-9)18-19-15(20)14-13(17)11-3-1-2-4-12(11)21-14/h1-8,18H,(H,19,20). The third-order valence-corrected chi connectivity index (χ3v) is 4.83. The number of hydrogen-bond donors (Lipinski definition) is 2. The molecule has 0 aliphatic heterocycles. The number of nitrogens with one attached hydrogen (secondary N) is 2. The van der Waals surface area contributed by atoms with Crippen LogP contribution in [0.25, 0.3) is 10.1 Å². The Hall–Kier alpha value is -1.75. The van der Waals surface area contributed by atoms with Gasteiger partial charge in [0, 0.05) is 15.1 Å². The maximum atomic E-state index is 12.2. The van der Waals surface area contributed by atoms with Crippen molar-refractivity contribution < 1.29 is 4.79 Å². The van der Waals surface area contributed by atoms with E-state index in [1.165, 1.54) is 11.3 Å². The van der Waals surface area contributed by atoms with Gasteiger partial charge in [0.05, 0.1) is 10.7 Å². The Bertz CT molecular complexity index is 799. The van der Waals surface area contributed by atoms with Gasteiger partial charge in [0.2, 0.25) is 0 Å². The van der Waals surface area contributed by atoms with Crippen LogP contribution in [-0.2, 0) is 0 Å². The highest BCUT2D eigenvalue weighted by atomic mass is 35.5. The molecule has 0 aliphatic rings. The highest BCUT2D eigenvalue weighted by molar-refractivity contribution is 7.21. The smallest absolute Gasteiger partial charge is 0.281 e. The second-order valence-corrected chi connectivity index (χ2v) is 6.19. The molecular formula is C15H10Cl2N2OS. The first-order valence-electron chi connectivity index (χ1n) is 6.14. The Morgan fingerprint density at radius 3 is 2.43 bits per heavy atom. The first kappa shape index (κ1) is 14.2. The minimum absolute atomic E-state index is 0.267. The molecule has 2 N–H and O–H groups in total. The van der Waals surface area contributed by atoms with E-state index in [0.717, 1.165) is 15.8 Å². The number of amides is 1. The summed E-state index contributed by atoms with van der Waals surface area (Å²) < 4.78 is 0.985. The third-order valence-electron chi connectivity index (χ3n) is 2.91. The van der Waals surface area contributed by atoms with Crippen LogP contribution < -0.4 is 10.9 Å². The van der Waals surface area contributed by atoms with Crippen molar-refractivity contribution in [1.82, 2.24) is 5.43 Å². The van der Waals surface area contributed by atoms with Gasteiger partial charge >= 0.3 is 0 Å². The lowest BCUT2D eigenvalue weighted by Crippen LogP contribution is -2.28. The summed E-state index contributed by atoms with van der Waals surface area (Å²) >= 11 is 13.4. The Labute approximate surface area is 135 Å². The number of rotatable bonds is 3. The van der Waals surface area contributed by atoms with Crippen LogP contribution in [0.3, 0.4) is 0 Å². The van der Waals surface area contributed by atoms with Crippen molar-refractivity contribution in [3.63, 3.8) is 0 Å². The average molecular weight is 337 g/mol. The molecule has 6 heteroatoms. The molecule has 0 spiro atoms. The molecule has 1 aromatic heterocycles. The third kappa shape index (κ3) is 2.97. The Morgan fingerprint density at radius 1 is 1.00 bits per heavy atom. The fourth-order valence-corrected chi connectivity index (χ4v) is 3.42. The van der Waals surface area contributed by atoms with Crippen LogP contribution in [0.1, 0.15) is 9.67 Å². The molecule has 0 bridgehead atoms. The van der Waals surface area contributed by atoms with Crippen molar-refractivity contribution in [2.75, 3.05) is 5.43 Å². The molecule has 106 valence electrons. The Balaban J connectivity index is 1.78. The zero-order chi connectivity index (χ0) is 14.8. The molecule has 2 aromatic carbocycles. The average Bonchev–Trinajstić information content (AvgIpc) is 2.84. The van der Waals surface area contributed by atoms with Crippen LogP contribution in [0.4, 0.5) is 5.69 Å². The van der Waals surface area contributed by atoms with Crippen LogP contribution in [0.5, 0.6) is 0 Å². The van der Waals surface area contributed by atoms with Crippen molar-refractivity contribution in [3.8, 4) is 0 Å². The van der Waals surface area contributed by atoms with Gasteiger partial charge in [-0.15, -0.1) is 11.3 Å². The molecular weight excluding hydrogens is 327 g/mol. The lowest BCUT2D eigenvalue weighted by atomic mass is 10.2. The quantitative estimate of drug-likeness (QED) is 0.663. The van der Waals surface area contributed by atoms with Gasteiger partial charge in [0.15, 0.2) is 0 Å². The summed E-state index contributed by atoms with van der Waals surface area (Å²) in [5, 5.41) is 2.01. The first-order valence-corrected chi connectivity index (χ1v) is 7.71. The van der Waals surface area contributed by atoms with Gasteiger partial charge in [-0.05, 0) is 30.3 Å². The summed E-state index contributed by atoms with van der Waals surface area (Å²) in [6.45, 7) is 0. The highest BCUT2D eigenvalue weighted by Gasteiger charge is 2.16. The molecule has 0 aliphatic carbocycles.